The summed E-state index contributed by atoms with van der Waals surface area (Å²) in [5.74, 6) is -0.794. The van der Waals surface area contributed by atoms with Gasteiger partial charge >= 0.3 is 5.97 Å². The first-order valence-corrected chi connectivity index (χ1v) is 5.31. The van der Waals surface area contributed by atoms with Gasteiger partial charge in [0.05, 0.1) is 17.1 Å². The molecule has 0 aliphatic rings. The molecule has 4 heteroatoms. The average molecular weight is 213 g/mol. The minimum atomic E-state index is -0.794. The second-order valence-electron chi connectivity index (χ2n) is 4.35. The maximum atomic E-state index is 10.6. The van der Waals surface area contributed by atoms with Gasteiger partial charge in [-0.1, -0.05) is 20.8 Å². The maximum Gasteiger partial charge on any atom is 0.308 e. The van der Waals surface area contributed by atoms with Crippen LogP contribution in [0.3, 0.4) is 0 Å². The normalized spacial score (nSPS) is 11.7. The van der Waals surface area contributed by atoms with Crippen LogP contribution in [0.15, 0.2) is 0 Å². The summed E-state index contributed by atoms with van der Waals surface area (Å²) < 4.78 is 0. The fourth-order valence-electron chi connectivity index (χ4n) is 1.05. The number of carbonyl (C=O) groups is 1. The SMILES string of the molecule is Cc1nc(C(C)(C)C)sc1CC(=O)O. The van der Waals surface area contributed by atoms with Gasteiger partial charge in [-0.3, -0.25) is 4.79 Å². The van der Waals surface area contributed by atoms with Crippen molar-refractivity contribution in [3.8, 4) is 0 Å². The molecule has 14 heavy (non-hydrogen) atoms. The second kappa shape index (κ2) is 3.69. The molecule has 0 saturated heterocycles. The first kappa shape index (κ1) is 11.2. The van der Waals surface area contributed by atoms with Crippen LogP contribution in [-0.2, 0) is 16.6 Å². The zero-order chi connectivity index (χ0) is 10.9. The molecule has 0 aliphatic heterocycles. The Morgan fingerprint density at radius 1 is 1.50 bits per heavy atom. The Kier molecular flexibility index (Phi) is 2.95. The Morgan fingerprint density at radius 3 is 2.43 bits per heavy atom. The van der Waals surface area contributed by atoms with Crippen molar-refractivity contribution in [1.82, 2.24) is 4.98 Å². The van der Waals surface area contributed by atoms with Gasteiger partial charge in [-0.25, -0.2) is 4.98 Å². The Labute approximate surface area is 87.8 Å². The van der Waals surface area contributed by atoms with Crippen molar-refractivity contribution in [2.75, 3.05) is 0 Å². The van der Waals surface area contributed by atoms with Gasteiger partial charge < -0.3 is 5.11 Å². The fraction of sp³-hybridized carbons (Fsp3) is 0.600. The highest BCUT2D eigenvalue weighted by molar-refractivity contribution is 7.12. The molecule has 0 saturated carbocycles. The summed E-state index contributed by atoms with van der Waals surface area (Å²) in [7, 11) is 0. The molecule has 0 spiro atoms. The van der Waals surface area contributed by atoms with Gasteiger partial charge in [0.15, 0.2) is 0 Å². The highest BCUT2D eigenvalue weighted by atomic mass is 32.1. The van der Waals surface area contributed by atoms with Gasteiger partial charge in [-0.15, -0.1) is 11.3 Å². The summed E-state index contributed by atoms with van der Waals surface area (Å²) in [6, 6.07) is 0. The lowest BCUT2D eigenvalue weighted by Gasteiger charge is -2.13. The Morgan fingerprint density at radius 2 is 2.07 bits per heavy atom. The van der Waals surface area contributed by atoms with E-state index in [2.05, 4.69) is 25.8 Å². The molecule has 1 aromatic heterocycles. The standard InChI is InChI=1S/C10H15NO2S/c1-6-7(5-8(12)13)14-9(11-6)10(2,3)4/h5H2,1-4H3,(H,12,13). The van der Waals surface area contributed by atoms with Crippen LogP contribution < -0.4 is 0 Å². The van der Waals surface area contributed by atoms with Gasteiger partial charge in [-0.05, 0) is 6.92 Å². The molecule has 0 radical (unpaired) electrons. The van der Waals surface area contributed by atoms with E-state index in [0.29, 0.717) is 0 Å². The van der Waals surface area contributed by atoms with Crippen molar-refractivity contribution in [3.05, 3.63) is 15.6 Å². The van der Waals surface area contributed by atoms with E-state index in [9.17, 15) is 4.79 Å². The third kappa shape index (κ3) is 2.54. The van der Waals surface area contributed by atoms with E-state index in [-0.39, 0.29) is 11.8 Å². The van der Waals surface area contributed by atoms with Crippen molar-refractivity contribution in [2.45, 2.75) is 39.5 Å². The number of nitrogens with zero attached hydrogens (tertiary/aromatic N) is 1. The van der Waals surface area contributed by atoms with E-state index < -0.39 is 5.97 Å². The van der Waals surface area contributed by atoms with E-state index in [4.69, 9.17) is 5.11 Å². The van der Waals surface area contributed by atoms with Crippen molar-refractivity contribution in [1.29, 1.82) is 0 Å². The van der Waals surface area contributed by atoms with E-state index >= 15 is 0 Å². The lowest BCUT2D eigenvalue weighted by atomic mass is 9.98. The first-order chi connectivity index (χ1) is 6.30. The number of aromatic nitrogens is 1. The van der Waals surface area contributed by atoms with Crippen LogP contribution in [0.5, 0.6) is 0 Å². The predicted molar refractivity (Wildman–Crippen MR) is 56.9 cm³/mol. The molecule has 78 valence electrons. The summed E-state index contributed by atoms with van der Waals surface area (Å²) in [6.07, 6.45) is 0.0829. The van der Waals surface area contributed by atoms with Crippen LogP contribution in [0.1, 0.15) is 36.3 Å². The smallest absolute Gasteiger partial charge is 0.308 e. The summed E-state index contributed by atoms with van der Waals surface area (Å²) in [6.45, 7) is 8.10. The molecule has 0 amide bonds. The van der Waals surface area contributed by atoms with Crippen LogP contribution >= 0.6 is 11.3 Å². The third-order valence-corrected chi connectivity index (χ3v) is 3.43. The van der Waals surface area contributed by atoms with Gasteiger partial charge in [0.2, 0.25) is 0 Å². The van der Waals surface area contributed by atoms with Crippen LogP contribution in [-0.4, -0.2) is 16.1 Å². The van der Waals surface area contributed by atoms with Crippen molar-refractivity contribution < 1.29 is 9.90 Å². The highest BCUT2D eigenvalue weighted by Crippen LogP contribution is 2.29. The molecule has 1 heterocycles. The van der Waals surface area contributed by atoms with E-state index in [0.717, 1.165) is 15.6 Å². The number of aryl methyl sites for hydroxylation is 1. The molecule has 3 nitrogen and oxygen atoms in total. The number of hydrogen-bond acceptors (Lipinski definition) is 3. The number of hydrogen-bond donors (Lipinski definition) is 1. The van der Waals surface area contributed by atoms with Crippen molar-refractivity contribution >= 4 is 17.3 Å². The first-order valence-electron chi connectivity index (χ1n) is 4.49. The fourth-order valence-corrected chi connectivity index (χ4v) is 2.16. The molecule has 0 aliphatic carbocycles. The van der Waals surface area contributed by atoms with Crippen LogP contribution in [0.4, 0.5) is 0 Å². The molecular weight excluding hydrogens is 198 g/mol. The summed E-state index contributed by atoms with van der Waals surface area (Å²) in [5, 5.41) is 9.69. The predicted octanol–water partition coefficient (Wildman–Crippen LogP) is 2.38. The quantitative estimate of drug-likeness (QED) is 0.820. The summed E-state index contributed by atoms with van der Waals surface area (Å²) in [4.78, 5) is 15.8. The Bertz CT molecular complexity index is 349. The molecule has 1 N–H and O–H groups in total. The van der Waals surface area contributed by atoms with Gasteiger partial charge in [0, 0.05) is 10.3 Å². The molecule has 0 atom stereocenters. The molecule has 0 unspecified atom stereocenters. The summed E-state index contributed by atoms with van der Waals surface area (Å²) in [5.41, 5.74) is 0.856. The minimum Gasteiger partial charge on any atom is -0.481 e. The summed E-state index contributed by atoms with van der Waals surface area (Å²) >= 11 is 1.50. The van der Waals surface area contributed by atoms with Crippen molar-refractivity contribution in [3.63, 3.8) is 0 Å². The molecule has 0 aromatic carbocycles. The number of aliphatic carboxylic acids is 1. The van der Waals surface area contributed by atoms with Crippen LogP contribution in [0.25, 0.3) is 0 Å². The lowest BCUT2D eigenvalue weighted by molar-refractivity contribution is -0.136. The van der Waals surface area contributed by atoms with Gasteiger partial charge in [0.1, 0.15) is 0 Å². The van der Waals surface area contributed by atoms with Crippen LogP contribution in [0.2, 0.25) is 0 Å². The van der Waals surface area contributed by atoms with E-state index in [1.54, 1.807) is 0 Å². The highest BCUT2D eigenvalue weighted by Gasteiger charge is 2.20. The molecule has 1 rings (SSSR count). The van der Waals surface area contributed by atoms with Crippen molar-refractivity contribution in [2.24, 2.45) is 0 Å². The third-order valence-electron chi connectivity index (χ3n) is 1.85. The zero-order valence-corrected chi connectivity index (χ0v) is 9.73. The largest absolute Gasteiger partial charge is 0.481 e. The minimum absolute atomic E-state index is 0.00613. The second-order valence-corrected chi connectivity index (χ2v) is 5.43. The zero-order valence-electron chi connectivity index (χ0n) is 8.92. The maximum absolute atomic E-state index is 10.6. The van der Waals surface area contributed by atoms with E-state index in [1.807, 2.05) is 6.92 Å². The monoisotopic (exact) mass is 213 g/mol. The van der Waals surface area contributed by atoms with Gasteiger partial charge in [0.25, 0.3) is 0 Å². The molecular formula is C10H15NO2S. The van der Waals surface area contributed by atoms with Crippen LogP contribution in [0, 0.1) is 6.92 Å². The van der Waals surface area contributed by atoms with Gasteiger partial charge in [-0.2, -0.15) is 0 Å². The number of carboxylic acids is 1. The number of rotatable bonds is 2. The molecule has 0 fully saturated rings. The topological polar surface area (TPSA) is 50.2 Å². The molecule has 0 bridgehead atoms. The molecule has 1 aromatic rings. The average Bonchev–Trinajstić information content (AvgIpc) is 2.30. The lowest BCUT2D eigenvalue weighted by Crippen LogP contribution is -2.10. The Hall–Kier alpha value is -0.900. The van der Waals surface area contributed by atoms with E-state index in [1.165, 1.54) is 11.3 Å². The number of thiazole rings is 1. The number of carboxylic acid groups (broad SMARTS) is 1. The Balaban J connectivity index is 2.99.